The Morgan fingerprint density at radius 3 is 2.58 bits per heavy atom. The molecule has 5 nitrogen and oxygen atoms in total. The third-order valence-electron chi connectivity index (χ3n) is 3.68. The molecule has 0 amide bonds. The Labute approximate surface area is 112 Å². The number of nitrogens with one attached hydrogen (secondary N) is 1. The van der Waals surface area contributed by atoms with Crippen LogP contribution in [0, 0.1) is 0 Å². The molecule has 2 aromatic rings. The van der Waals surface area contributed by atoms with Gasteiger partial charge in [0.2, 0.25) is 0 Å². The molecule has 5 heteroatoms. The number of anilines is 2. The van der Waals surface area contributed by atoms with Crippen LogP contribution in [0.4, 0.5) is 11.4 Å². The van der Waals surface area contributed by atoms with Crippen LogP contribution in [0.1, 0.15) is 32.1 Å². The average molecular weight is 257 g/mol. The quantitative estimate of drug-likeness (QED) is 0.829. The second-order valence-electron chi connectivity index (χ2n) is 5.13. The summed E-state index contributed by atoms with van der Waals surface area (Å²) < 4.78 is 1.89. The van der Waals surface area contributed by atoms with Crippen LogP contribution in [-0.4, -0.2) is 20.8 Å². The van der Waals surface area contributed by atoms with Crippen LogP contribution in [0.25, 0.3) is 5.69 Å². The summed E-state index contributed by atoms with van der Waals surface area (Å²) >= 11 is 0. The third-order valence-corrected chi connectivity index (χ3v) is 3.68. The Kier molecular flexibility index (Phi) is 3.35. The van der Waals surface area contributed by atoms with Crippen LogP contribution in [0.15, 0.2) is 30.9 Å². The van der Waals surface area contributed by atoms with Gasteiger partial charge in [-0.25, -0.2) is 0 Å². The fourth-order valence-electron chi connectivity index (χ4n) is 2.68. The van der Waals surface area contributed by atoms with E-state index < -0.39 is 0 Å². The highest BCUT2D eigenvalue weighted by Gasteiger charge is 2.15. The first kappa shape index (κ1) is 12.0. The molecule has 1 aromatic heterocycles. The molecular formula is C14H19N5. The Morgan fingerprint density at radius 2 is 1.84 bits per heavy atom. The lowest BCUT2D eigenvalue weighted by molar-refractivity contribution is 0.462. The van der Waals surface area contributed by atoms with Gasteiger partial charge < -0.3 is 11.1 Å². The monoisotopic (exact) mass is 257 g/mol. The minimum atomic E-state index is 0.563. The fourth-order valence-corrected chi connectivity index (χ4v) is 2.68. The van der Waals surface area contributed by atoms with Crippen molar-refractivity contribution in [3.8, 4) is 5.69 Å². The zero-order valence-electron chi connectivity index (χ0n) is 10.9. The zero-order valence-corrected chi connectivity index (χ0v) is 10.9. The lowest BCUT2D eigenvalue weighted by Gasteiger charge is -2.25. The van der Waals surface area contributed by atoms with E-state index in [1.165, 1.54) is 32.1 Å². The van der Waals surface area contributed by atoms with E-state index >= 15 is 0 Å². The predicted octanol–water partition coefficient (Wildman–Crippen LogP) is 2.59. The molecule has 1 fully saturated rings. The summed E-state index contributed by atoms with van der Waals surface area (Å²) in [4.78, 5) is 0. The highest BCUT2D eigenvalue weighted by molar-refractivity contribution is 5.66. The van der Waals surface area contributed by atoms with Crippen LogP contribution < -0.4 is 11.1 Å². The summed E-state index contributed by atoms with van der Waals surface area (Å²) in [6.45, 7) is 0. The van der Waals surface area contributed by atoms with Crippen LogP contribution in [-0.2, 0) is 0 Å². The van der Waals surface area contributed by atoms with Crippen LogP contribution in [0.3, 0.4) is 0 Å². The second kappa shape index (κ2) is 5.30. The van der Waals surface area contributed by atoms with Gasteiger partial charge in [0.1, 0.15) is 12.7 Å². The summed E-state index contributed by atoms with van der Waals surface area (Å²) in [7, 11) is 0. The molecule has 0 unspecified atom stereocenters. The third kappa shape index (κ3) is 2.70. The predicted molar refractivity (Wildman–Crippen MR) is 76.3 cm³/mol. The zero-order chi connectivity index (χ0) is 13.1. The van der Waals surface area contributed by atoms with E-state index in [1.807, 2.05) is 22.8 Å². The summed E-state index contributed by atoms with van der Waals surface area (Å²) in [5.74, 6) is 0. The van der Waals surface area contributed by atoms with E-state index in [0.717, 1.165) is 17.1 Å². The van der Waals surface area contributed by atoms with Gasteiger partial charge in [0.05, 0.1) is 11.4 Å². The highest BCUT2D eigenvalue weighted by atomic mass is 15.2. The van der Waals surface area contributed by atoms with Crippen molar-refractivity contribution < 1.29 is 0 Å². The van der Waals surface area contributed by atoms with Gasteiger partial charge in [-0.15, -0.1) is 10.2 Å². The highest BCUT2D eigenvalue weighted by Crippen LogP contribution is 2.27. The van der Waals surface area contributed by atoms with Gasteiger partial charge >= 0.3 is 0 Å². The number of hydrogen-bond acceptors (Lipinski definition) is 4. The van der Waals surface area contributed by atoms with Crippen LogP contribution in [0.5, 0.6) is 0 Å². The normalized spacial score (nSPS) is 16.4. The summed E-state index contributed by atoms with van der Waals surface area (Å²) in [5.41, 5.74) is 8.74. The number of benzene rings is 1. The molecule has 1 aliphatic rings. The van der Waals surface area contributed by atoms with Crippen molar-refractivity contribution in [2.45, 2.75) is 38.1 Å². The molecule has 3 N–H and O–H groups in total. The number of hydrogen-bond donors (Lipinski definition) is 2. The Bertz CT molecular complexity index is 529. The molecule has 1 aromatic carbocycles. The van der Waals surface area contributed by atoms with Crippen molar-refractivity contribution in [1.29, 1.82) is 0 Å². The van der Waals surface area contributed by atoms with Crippen molar-refractivity contribution in [1.82, 2.24) is 14.8 Å². The van der Waals surface area contributed by atoms with Gasteiger partial charge in [0.15, 0.2) is 0 Å². The maximum absolute atomic E-state index is 5.88. The summed E-state index contributed by atoms with van der Waals surface area (Å²) in [6, 6.07) is 6.49. The van der Waals surface area contributed by atoms with Crippen LogP contribution >= 0.6 is 0 Å². The molecule has 0 radical (unpaired) electrons. The van der Waals surface area contributed by atoms with Crippen molar-refractivity contribution in [3.63, 3.8) is 0 Å². The smallest absolute Gasteiger partial charge is 0.123 e. The fraction of sp³-hybridized carbons (Fsp3) is 0.429. The van der Waals surface area contributed by atoms with Crippen LogP contribution in [0.2, 0.25) is 0 Å². The summed E-state index contributed by atoms with van der Waals surface area (Å²) in [5, 5.41) is 11.4. The minimum absolute atomic E-state index is 0.563. The maximum Gasteiger partial charge on any atom is 0.123 e. The number of rotatable bonds is 3. The Balaban J connectivity index is 1.87. The number of nitrogens with two attached hydrogens (primary N) is 1. The molecule has 3 rings (SSSR count). The van der Waals surface area contributed by atoms with Gasteiger partial charge in [-0.05, 0) is 31.0 Å². The largest absolute Gasteiger partial charge is 0.399 e. The lowest BCUT2D eigenvalue weighted by atomic mass is 9.95. The first-order chi connectivity index (χ1) is 9.33. The van der Waals surface area contributed by atoms with Crippen molar-refractivity contribution >= 4 is 11.4 Å². The molecule has 0 aliphatic heterocycles. The molecule has 0 spiro atoms. The van der Waals surface area contributed by atoms with Crippen molar-refractivity contribution in [3.05, 3.63) is 30.9 Å². The van der Waals surface area contributed by atoms with E-state index in [4.69, 9.17) is 5.73 Å². The molecule has 0 bridgehead atoms. The second-order valence-corrected chi connectivity index (χ2v) is 5.13. The SMILES string of the molecule is Nc1ccc(NC2CCCCC2)c(-n2cnnc2)c1. The molecular weight excluding hydrogens is 238 g/mol. The molecule has 100 valence electrons. The Hall–Kier alpha value is -2.04. The van der Waals surface area contributed by atoms with Gasteiger partial charge in [-0.3, -0.25) is 4.57 Å². The molecule has 19 heavy (non-hydrogen) atoms. The van der Waals surface area contributed by atoms with E-state index in [0.29, 0.717) is 6.04 Å². The van der Waals surface area contributed by atoms with Crippen molar-refractivity contribution in [2.75, 3.05) is 11.1 Å². The number of nitrogen functional groups attached to an aromatic ring is 1. The molecule has 0 atom stereocenters. The summed E-state index contributed by atoms with van der Waals surface area (Å²) in [6.07, 6.45) is 9.86. The van der Waals surface area contributed by atoms with E-state index in [-0.39, 0.29) is 0 Å². The first-order valence-electron chi connectivity index (χ1n) is 6.84. The van der Waals surface area contributed by atoms with Gasteiger partial charge in [-0.1, -0.05) is 19.3 Å². The first-order valence-corrected chi connectivity index (χ1v) is 6.84. The molecule has 0 saturated heterocycles. The topological polar surface area (TPSA) is 68.8 Å². The standard InChI is InChI=1S/C14H19N5/c15-11-6-7-13(18-12-4-2-1-3-5-12)14(8-11)19-9-16-17-10-19/h6-10,12,18H,1-5,15H2. The molecule has 1 aliphatic carbocycles. The lowest BCUT2D eigenvalue weighted by Crippen LogP contribution is -2.23. The molecule has 1 heterocycles. The molecule has 1 saturated carbocycles. The number of nitrogens with zero attached hydrogens (tertiary/aromatic N) is 3. The van der Waals surface area contributed by atoms with Gasteiger partial charge in [-0.2, -0.15) is 0 Å². The van der Waals surface area contributed by atoms with Gasteiger partial charge in [0, 0.05) is 11.7 Å². The van der Waals surface area contributed by atoms with E-state index in [2.05, 4.69) is 15.5 Å². The average Bonchev–Trinajstić information content (AvgIpc) is 2.96. The Morgan fingerprint density at radius 1 is 1.11 bits per heavy atom. The van der Waals surface area contributed by atoms with E-state index in [9.17, 15) is 0 Å². The maximum atomic E-state index is 5.88. The van der Waals surface area contributed by atoms with Crippen molar-refractivity contribution in [2.24, 2.45) is 0 Å². The number of aromatic nitrogens is 3. The van der Waals surface area contributed by atoms with Gasteiger partial charge in [0.25, 0.3) is 0 Å². The van der Waals surface area contributed by atoms with E-state index in [1.54, 1.807) is 12.7 Å². The minimum Gasteiger partial charge on any atom is -0.399 e.